The van der Waals surface area contributed by atoms with Crippen LogP contribution < -0.4 is 5.14 Å². The van der Waals surface area contributed by atoms with Crippen LogP contribution >= 0.6 is 0 Å². The van der Waals surface area contributed by atoms with Crippen molar-refractivity contribution in [2.24, 2.45) is 9.50 Å². The fraction of sp³-hybridized carbons (Fsp3) is 0. The Balaban J connectivity index is 1.72. The van der Waals surface area contributed by atoms with E-state index in [0.717, 1.165) is 32.8 Å². The number of hydrogen-bond donors (Lipinski definition) is 2. The summed E-state index contributed by atoms with van der Waals surface area (Å²) < 4.78 is 23.3. The summed E-state index contributed by atoms with van der Waals surface area (Å²) >= 11 is 0. The van der Waals surface area contributed by atoms with Gasteiger partial charge in [-0.25, -0.2) is 9.35 Å². The summed E-state index contributed by atoms with van der Waals surface area (Å²) in [4.78, 5) is 3.60. The van der Waals surface area contributed by atoms with Gasteiger partial charge in [-0.15, -0.1) is 0 Å². The predicted molar refractivity (Wildman–Crippen MR) is 105 cm³/mol. The van der Waals surface area contributed by atoms with Crippen molar-refractivity contribution < 1.29 is 8.63 Å². The van der Waals surface area contributed by atoms with Gasteiger partial charge >= 0.3 is 0 Å². The number of nitrogens with zero attached hydrogens (tertiary/aromatic N) is 1. The maximum absolute atomic E-state index is 13.2. The lowest BCUT2D eigenvalue weighted by atomic mass is 10.1. The molecule has 2 heterocycles. The molecule has 0 aliphatic carbocycles. The highest BCUT2D eigenvalue weighted by Crippen LogP contribution is 2.32. The summed E-state index contributed by atoms with van der Waals surface area (Å²) in [6.45, 7) is 0. The molecule has 3 N–H and O–H groups in total. The van der Waals surface area contributed by atoms with Crippen LogP contribution in [-0.2, 0) is 9.92 Å². The Bertz CT molecular complexity index is 1400. The molecule has 1 atom stereocenters. The first-order valence-electron chi connectivity index (χ1n) is 8.14. The molecule has 0 bridgehead atoms. The number of H-pyrrole nitrogens is 1. The monoisotopic (exact) mass is 361 g/mol. The molecule has 0 saturated heterocycles. The fourth-order valence-electron chi connectivity index (χ4n) is 3.22. The molecular weight excluding hydrogens is 346 g/mol. The Hall–Kier alpha value is -3.09. The molecule has 6 heteroatoms. The fourth-order valence-corrected chi connectivity index (χ4v) is 4.32. The van der Waals surface area contributed by atoms with Gasteiger partial charge in [0.05, 0.1) is 10.6 Å². The van der Waals surface area contributed by atoms with Crippen LogP contribution in [0.25, 0.3) is 32.8 Å². The lowest BCUT2D eigenvalue weighted by molar-refractivity contribution is 0.668. The summed E-state index contributed by atoms with van der Waals surface area (Å²) in [5.41, 5.74) is 3.04. The Morgan fingerprint density at radius 3 is 2.50 bits per heavy atom. The lowest BCUT2D eigenvalue weighted by Crippen LogP contribution is -2.11. The summed E-state index contributed by atoms with van der Waals surface area (Å²) in [6, 6.07) is 20.8. The molecule has 5 rings (SSSR count). The number of para-hydroxylation sites is 2. The van der Waals surface area contributed by atoms with E-state index in [1.54, 1.807) is 18.3 Å². The lowest BCUT2D eigenvalue weighted by Gasteiger charge is -2.04. The molecular formula is C20H15N3O2S. The van der Waals surface area contributed by atoms with E-state index in [9.17, 15) is 4.21 Å². The molecule has 1 unspecified atom stereocenters. The van der Waals surface area contributed by atoms with Crippen LogP contribution in [0.2, 0.25) is 0 Å². The van der Waals surface area contributed by atoms with E-state index in [1.807, 2.05) is 54.6 Å². The third kappa shape index (κ3) is 2.31. The summed E-state index contributed by atoms with van der Waals surface area (Å²) in [5, 5.41) is 8.87. The first-order chi connectivity index (χ1) is 12.6. The second kappa shape index (κ2) is 5.45. The molecule has 0 aliphatic heterocycles. The van der Waals surface area contributed by atoms with Crippen molar-refractivity contribution in [3.63, 3.8) is 0 Å². The van der Waals surface area contributed by atoms with Gasteiger partial charge in [0.2, 0.25) is 0 Å². The van der Waals surface area contributed by atoms with Crippen LogP contribution in [-0.4, -0.2) is 9.19 Å². The van der Waals surface area contributed by atoms with Gasteiger partial charge in [0.1, 0.15) is 21.1 Å². The summed E-state index contributed by atoms with van der Waals surface area (Å²) in [7, 11) is -3.10. The van der Waals surface area contributed by atoms with Gasteiger partial charge in [0.15, 0.2) is 0 Å². The number of aromatic nitrogens is 1. The van der Waals surface area contributed by atoms with Crippen LogP contribution in [0.5, 0.6) is 0 Å². The van der Waals surface area contributed by atoms with E-state index in [2.05, 4.69) is 9.35 Å². The van der Waals surface area contributed by atoms with Gasteiger partial charge in [-0.2, -0.15) is 4.36 Å². The standard InChI is InChI=1S/C20H15N3O2S/c21-26(24,23-18-12-22-17-7-3-1-6-15(17)18)13-9-10-20-16(11-13)14-5-2-4-8-19(14)25-20/h1-12,22H,(H2,21,23,24). The molecule has 0 spiro atoms. The number of hydrogen-bond acceptors (Lipinski definition) is 3. The Morgan fingerprint density at radius 2 is 1.62 bits per heavy atom. The van der Waals surface area contributed by atoms with Crippen LogP contribution in [0.4, 0.5) is 5.69 Å². The maximum atomic E-state index is 13.2. The third-order valence-electron chi connectivity index (χ3n) is 4.49. The molecule has 0 fully saturated rings. The van der Waals surface area contributed by atoms with Crippen LogP contribution in [0.3, 0.4) is 0 Å². The summed E-state index contributed by atoms with van der Waals surface area (Å²) in [5.74, 6) is 0. The van der Waals surface area contributed by atoms with Crippen molar-refractivity contribution >= 4 is 48.4 Å². The minimum absolute atomic E-state index is 0.474. The first-order valence-corrected chi connectivity index (χ1v) is 9.72. The molecule has 0 radical (unpaired) electrons. The average Bonchev–Trinajstić information content (AvgIpc) is 3.22. The smallest absolute Gasteiger partial charge is 0.139 e. The van der Waals surface area contributed by atoms with E-state index in [4.69, 9.17) is 9.56 Å². The molecule has 5 aromatic rings. The SMILES string of the molecule is NS(=O)(=Nc1c[nH]c2ccccc12)c1ccc2oc3ccccc3c2c1. The molecule has 128 valence electrons. The second-order valence-electron chi connectivity index (χ2n) is 6.14. The highest BCUT2D eigenvalue weighted by molar-refractivity contribution is 7.91. The first kappa shape index (κ1) is 15.2. The second-order valence-corrected chi connectivity index (χ2v) is 7.93. The van der Waals surface area contributed by atoms with Gasteiger partial charge < -0.3 is 9.40 Å². The third-order valence-corrected chi connectivity index (χ3v) is 5.88. The van der Waals surface area contributed by atoms with Crippen molar-refractivity contribution in [2.45, 2.75) is 4.90 Å². The van der Waals surface area contributed by atoms with Crippen molar-refractivity contribution in [1.29, 1.82) is 0 Å². The topological polar surface area (TPSA) is 84.4 Å². The zero-order valence-corrected chi connectivity index (χ0v) is 14.5. The number of rotatable bonds is 2. The Kier molecular flexibility index (Phi) is 3.19. The van der Waals surface area contributed by atoms with Crippen molar-refractivity contribution in [2.75, 3.05) is 0 Å². The van der Waals surface area contributed by atoms with Crippen molar-refractivity contribution in [1.82, 2.24) is 4.98 Å². The van der Waals surface area contributed by atoms with Crippen LogP contribution in [0.1, 0.15) is 0 Å². The molecule has 5 nitrogen and oxygen atoms in total. The largest absolute Gasteiger partial charge is 0.456 e. The molecule has 0 aliphatic rings. The highest BCUT2D eigenvalue weighted by Gasteiger charge is 2.13. The Morgan fingerprint density at radius 1 is 0.885 bits per heavy atom. The van der Waals surface area contributed by atoms with Gasteiger partial charge in [-0.3, -0.25) is 0 Å². The predicted octanol–water partition coefficient (Wildman–Crippen LogP) is 5.10. The number of aromatic amines is 1. The molecule has 2 aromatic heterocycles. The number of nitrogens with two attached hydrogens (primary N) is 1. The number of nitrogens with one attached hydrogen (secondary N) is 1. The molecule has 0 saturated carbocycles. The molecule has 3 aromatic carbocycles. The van der Waals surface area contributed by atoms with Gasteiger partial charge in [-0.05, 0) is 30.3 Å². The van der Waals surface area contributed by atoms with Crippen LogP contribution in [0, 0.1) is 0 Å². The quantitative estimate of drug-likeness (QED) is 0.458. The van der Waals surface area contributed by atoms with E-state index >= 15 is 0 Å². The zero-order valence-electron chi connectivity index (χ0n) is 13.7. The minimum atomic E-state index is -3.10. The van der Waals surface area contributed by atoms with E-state index in [0.29, 0.717) is 10.6 Å². The van der Waals surface area contributed by atoms with Gasteiger partial charge in [0.25, 0.3) is 0 Å². The maximum Gasteiger partial charge on any atom is 0.139 e. The van der Waals surface area contributed by atoms with Gasteiger partial charge in [-0.1, -0.05) is 36.4 Å². The average molecular weight is 361 g/mol. The van der Waals surface area contributed by atoms with Gasteiger partial charge in [0, 0.05) is 27.9 Å². The van der Waals surface area contributed by atoms with Crippen LogP contribution in [0.15, 0.2) is 86.6 Å². The Labute approximate surface area is 149 Å². The highest BCUT2D eigenvalue weighted by atomic mass is 32.2. The van der Waals surface area contributed by atoms with E-state index in [1.165, 1.54) is 0 Å². The zero-order chi connectivity index (χ0) is 17.7. The van der Waals surface area contributed by atoms with E-state index < -0.39 is 9.92 Å². The number of benzene rings is 3. The van der Waals surface area contributed by atoms with E-state index in [-0.39, 0.29) is 0 Å². The minimum Gasteiger partial charge on any atom is -0.456 e. The van der Waals surface area contributed by atoms with Crippen molar-refractivity contribution in [3.05, 3.63) is 72.9 Å². The molecule has 0 amide bonds. The normalized spacial score (nSPS) is 14.0. The number of fused-ring (bicyclic) bond motifs is 4. The number of furan rings is 1. The molecule has 26 heavy (non-hydrogen) atoms. The summed E-state index contributed by atoms with van der Waals surface area (Å²) in [6.07, 6.45) is 1.73. The van der Waals surface area contributed by atoms with Crippen molar-refractivity contribution in [3.8, 4) is 0 Å².